The lowest BCUT2D eigenvalue weighted by Crippen LogP contribution is -2.16. The number of fused-ring (bicyclic) bond motifs is 1. The van der Waals surface area contributed by atoms with Crippen LogP contribution in [0.2, 0.25) is 0 Å². The molecule has 1 heterocycles. The van der Waals surface area contributed by atoms with Gasteiger partial charge in [-0.1, -0.05) is 6.07 Å². The lowest BCUT2D eigenvalue weighted by Gasteiger charge is -2.14. The molecule has 0 unspecified atom stereocenters. The number of hydrogen-bond donors (Lipinski definition) is 1. The summed E-state index contributed by atoms with van der Waals surface area (Å²) in [5.41, 5.74) is 3.81. The number of nitrogens with one attached hydrogen (secondary N) is 1. The maximum atomic E-state index is 13.3. The molecule has 0 radical (unpaired) electrons. The molecule has 0 bridgehead atoms. The highest BCUT2D eigenvalue weighted by Crippen LogP contribution is 2.27. The summed E-state index contributed by atoms with van der Waals surface area (Å²) >= 11 is 0. The first-order valence-corrected chi connectivity index (χ1v) is 9.43. The van der Waals surface area contributed by atoms with E-state index in [0.29, 0.717) is 16.9 Å². The predicted molar refractivity (Wildman–Crippen MR) is 106 cm³/mol. The van der Waals surface area contributed by atoms with Crippen LogP contribution < -0.4 is 5.32 Å². The predicted octanol–water partition coefficient (Wildman–Crippen LogP) is 3.93. The minimum absolute atomic E-state index is 0.321. The monoisotopic (exact) mass is 393 g/mol. The van der Waals surface area contributed by atoms with Crippen LogP contribution in [0.4, 0.5) is 10.1 Å². The van der Waals surface area contributed by atoms with Crippen molar-refractivity contribution in [1.29, 1.82) is 0 Å². The zero-order chi connectivity index (χ0) is 20.4. The molecule has 0 spiro atoms. The van der Waals surface area contributed by atoms with Crippen molar-refractivity contribution in [2.24, 2.45) is 0 Å². The summed E-state index contributed by atoms with van der Waals surface area (Å²) in [6.07, 6.45) is 3.58. The topological polar surface area (TPSA) is 73.2 Å². The van der Waals surface area contributed by atoms with E-state index in [1.54, 1.807) is 41.1 Å². The molecule has 1 aliphatic carbocycles. The zero-order valence-electron chi connectivity index (χ0n) is 15.9. The van der Waals surface area contributed by atoms with Crippen LogP contribution in [-0.2, 0) is 17.6 Å². The minimum atomic E-state index is -0.473. The van der Waals surface area contributed by atoms with E-state index in [0.717, 1.165) is 42.6 Å². The van der Waals surface area contributed by atoms with Crippen molar-refractivity contribution in [3.05, 3.63) is 76.9 Å². The number of halogens is 1. The van der Waals surface area contributed by atoms with Gasteiger partial charge in [-0.25, -0.2) is 13.9 Å². The van der Waals surface area contributed by atoms with E-state index in [4.69, 9.17) is 4.74 Å². The highest BCUT2D eigenvalue weighted by Gasteiger charge is 2.25. The van der Waals surface area contributed by atoms with E-state index < -0.39 is 5.97 Å². The Kier molecular flexibility index (Phi) is 5.12. The fourth-order valence-corrected chi connectivity index (χ4v) is 3.61. The third-order valence-electron chi connectivity index (χ3n) is 5.01. The summed E-state index contributed by atoms with van der Waals surface area (Å²) < 4.78 is 19.8. The highest BCUT2D eigenvalue weighted by molar-refractivity contribution is 6.04. The normalized spacial score (nSPS) is 12.9. The molecule has 2 aromatic carbocycles. The van der Waals surface area contributed by atoms with Crippen LogP contribution in [0.1, 0.15) is 44.9 Å². The van der Waals surface area contributed by atoms with Gasteiger partial charge in [0.25, 0.3) is 5.91 Å². The number of anilines is 1. The second-order valence-corrected chi connectivity index (χ2v) is 6.90. The van der Waals surface area contributed by atoms with Crippen molar-refractivity contribution in [2.75, 3.05) is 12.4 Å². The number of amides is 1. The van der Waals surface area contributed by atoms with Crippen LogP contribution in [-0.4, -0.2) is 28.8 Å². The van der Waals surface area contributed by atoms with E-state index >= 15 is 0 Å². The third kappa shape index (κ3) is 3.76. The number of benzene rings is 2. The van der Waals surface area contributed by atoms with E-state index in [9.17, 15) is 14.0 Å². The van der Waals surface area contributed by atoms with Crippen LogP contribution in [0.5, 0.6) is 0 Å². The zero-order valence-corrected chi connectivity index (χ0v) is 15.9. The molecule has 148 valence electrons. The van der Waals surface area contributed by atoms with E-state index in [1.807, 2.05) is 0 Å². The Bertz CT molecular complexity index is 1070. The summed E-state index contributed by atoms with van der Waals surface area (Å²) in [5.74, 6) is -1.14. The van der Waals surface area contributed by atoms with Gasteiger partial charge < -0.3 is 10.1 Å². The molecule has 0 atom stereocenters. The average molecular weight is 393 g/mol. The number of nitrogens with zero attached hydrogens (tertiary/aromatic N) is 2. The highest BCUT2D eigenvalue weighted by atomic mass is 19.1. The molecule has 3 aromatic rings. The standard InChI is InChI=1S/C22H20FN3O3/c1-29-22(28)14-5-4-6-16(13-14)24-21(27)20-18-7-2-3-8-19(18)26(25-20)17-11-9-15(23)10-12-17/h4-6,9-13H,2-3,7-8H2,1H3,(H,24,27). The Hall–Kier alpha value is -3.48. The third-order valence-corrected chi connectivity index (χ3v) is 5.01. The molecular weight excluding hydrogens is 373 g/mol. The second kappa shape index (κ2) is 7.87. The number of carbonyl (C=O) groups is 2. The van der Waals surface area contributed by atoms with Crippen LogP contribution in [0.15, 0.2) is 48.5 Å². The van der Waals surface area contributed by atoms with Crippen molar-refractivity contribution in [3.63, 3.8) is 0 Å². The SMILES string of the molecule is COC(=O)c1cccc(NC(=O)c2nn(-c3ccc(F)cc3)c3c2CCCC3)c1. The first kappa shape index (κ1) is 18.9. The molecule has 1 aromatic heterocycles. The van der Waals surface area contributed by atoms with Gasteiger partial charge in [0.05, 0.1) is 18.4 Å². The largest absolute Gasteiger partial charge is 0.465 e. The lowest BCUT2D eigenvalue weighted by atomic mass is 9.95. The van der Waals surface area contributed by atoms with E-state index in [1.165, 1.54) is 19.2 Å². The van der Waals surface area contributed by atoms with Gasteiger partial charge in [-0.3, -0.25) is 4.79 Å². The van der Waals surface area contributed by atoms with E-state index in [-0.39, 0.29) is 11.7 Å². The Morgan fingerprint density at radius 3 is 2.62 bits per heavy atom. The van der Waals surface area contributed by atoms with E-state index in [2.05, 4.69) is 10.4 Å². The van der Waals surface area contributed by atoms with Crippen molar-refractivity contribution >= 4 is 17.6 Å². The van der Waals surface area contributed by atoms with Crippen molar-refractivity contribution in [2.45, 2.75) is 25.7 Å². The van der Waals surface area contributed by atoms with Crippen molar-refractivity contribution < 1.29 is 18.7 Å². The molecule has 1 aliphatic rings. The number of carbonyl (C=O) groups excluding carboxylic acids is 2. The molecule has 29 heavy (non-hydrogen) atoms. The molecular formula is C22H20FN3O3. The maximum Gasteiger partial charge on any atom is 0.337 e. The smallest absolute Gasteiger partial charge is 0.337 e. The molecule has 1 amide bonds. The maximum absolute atomic E-state index is 13.3. The molecule has 0 fully saturated rings. The minimum Gasteiger partial charge on any atom is -0.465 e. The number of ether oxygens (including phenoxy) is 1. The summed E-state index contributed by atoms with van der Waals surface area (Å²) in [7, 11) is 1.31. The fourth-order valence-electron chi connectivity index (χ4n) is 3.61. The first-order chi connectivity index (χ1) is 14.1. The molecule has 1 N–H and O–H groups in total. The molecule has 0 saturated heterocycles. The average Bonchev–Trinajstić information content (AvgIpc) is 3.14. The van der Waals surface area contributed by atoms with Crippen LogP contribution >= 0.6 is 0 Å². The van der Waals surface area contributed by atoms with Crippen molar-refractivity contribution in [3.8, 4) is 5.69 Å². The summed E-state index contributed by atoms with van der Waals surface area (Å²) in [4.78, 5) is 24.7. The Morgan fingerprint density at radius 2 is 1.86 bits per heavy atom. The van der Waals surface area contributed by atoms with Gasteiger partial charge in [0, 0.05) is 16.9 Å². The number of methoxy groups -OCH3 is 1. The van der Waals surface area contributed by atoms with Crippen molar-refractivity contribution in [1.82, 2.24) is 9.78 Å². The van der Waals surface area contributed by atoms with Gasteiger partial charge in [-0.05, 0) is 68.1 Å². The lowest BCUT2D eigenvalue weighted by molar-refractivity contribution is 0.0600. The quantitative estimate of drug-likeness (QED) is 0.682. The van der Waals surface area contributed by atoms with Gasteiger partial charge >= 0.3 is 5.97 Å². The van der Waals surface area contributed by atoms with Crippen LogP contribution in [0, 0.1) is 5.82 Å². The molecule has 0 saturated carbocycles. The fraction of sp³-hybridized carbons (Fsp3) is 0.227. The van der Waals surface area contributed by atoms with Gasteiger partial charge in [-0.15, -0.1) is 0 Å². The first-order valence-electron chi connectivity index (χ1n) is 9.43. The molecule has 6 nitrogen and oxygen atoms in total. The number of aromatic nitrogens is 2. The summed E-state index contributed by atoms with van der Waals surface area (Å²) in [6.45, 7) is 0. The second-order valence-electron chi connectivity index (χ2n) is 6.90. The number of esters is 1. The Balaban J connectivity index is 1.67. The van der Waals surface area contributed by atoms with Crippen LogP contribution in [0.3, 0.4) is 0 Å². The van der Waals surface area contributed by atoms with Gasteiger partial charge in [0.1, 0.15) is 5.82 Å². The molecule has 4 rings (SSSR count). The molecule has 0 aliphatic heterocycles. The Labute approximate surface area is 167 Å². The number of rotatable bonds is 4. The van der Waals surface area contributed by atoms with Gasteiger partial charge in [0.15, 0.2) is 5.69 Å². The Morgan fingerprint density at radius 1 is 1.10 bits per heavy atom. The molecule has 7 heteroatoms. The van der Waals surface area contributed by atoms with Crippen LogP contribution in [0.25, 0.3) is 5.69 Å². The summed E-state index contributed by atoms with van der Waals surface area (Å²) in [6, 6.07) is 12.6. The number of hydrogen-bond acceptors (Lipinski definition) is 4. The summed E-state index contributed by atoms with van der Waals surface area (Å²) in [5, 5.41) is 7.37. The van der Waals surface area contributed by atoms with Gasteiger partial charge in [0.2, 0.25) is 0 Å². The van der Waals surface area contributed by atoms with Gasteiger partial charge in [-0.2, -0.15) is 5.10 Å².